The predicted molar refractivity (Wildman–Crippen MR) is 107 cm³/mol. The molecule has 6 heteroatoms. The summed E-state index contributed by atoms with van der Waals surface area (Å²) in [6, 6.07) is 14.6. The number of aliphatic imine (C=N–C) groups is 1. The van der Waals surface area contributed by atoms with E-state index in [0.717, 1.165) is 0 Å². The molecule has 0 amide bonds. The summed E-state index contributed by atoms with van der Waals surface area (Å²) in [7, 11) is -3.79. The van der Waals surface area contributed by atoms with Gasteiger partial charge in [0.1, 0.15) is 6.04 Å². The molecule has 1 heterocycles. The molecule has 142 valence electrons. The van der Waals surface area contributed by atoms with Gasteiger partial charge >= 0.3 is 0 Å². The summed E-state index contributed by atoms with van der Waals surface area (Å²) in [4.78, 5) is 18.4. The van der Waals surface area contributed by atoms with Crippen molar-refractivity contribution in [2.75, 3.05) is 6.54 Å². The van der Waals surface area contributed by atoms with Gasteiger partial charge in [0.05, 0.1) is 16.1 Å². The summed E-state index contributed by atoms with van der Waals surface area (Å²) in [5.74, 6) is -0.265. The molecule has 0 spiro atoms. The average molecular weight is 385 g/mol. The Balaban J connectivity index is 2.31. The quantitative estimate of drug-likeness (QED) is 0.760. The van der Waals surface area contributed by atoms with Crippen LogP contribution in [0.2, 0.25) is 0 Å². The number of ketones is 1. The van der Waals surface area contributed by atoms with Crippen LogP contribution in [0.4, 0.5) is 0 Å². The minimum atomic E-state index is -3.79. The predicted octanol–water partition coefficient (Wildman–Crippen LogP) is 3.55. The molecule has 0 fully saturated rings. The first-order valence-corrected chi connectivity index (χ1v) is 10.4. The van der Waals surface area contributed by atoms with Crippen LogP contribution in [0, 0.1) is 0 Å². The summed E-state index contributed by atoms with van der Waals surface area (Å²) < 4.78 is 27.7. The van der Waals surface area contributed by atoms with Gasteiger partial charge in [-0.1, -0.05) is 55.5 Å². The Kier molecular flexibility index (Phi) is 5.06. The van der Waals surface area contributed by atoms with Crippen molar-refractivity contribution < 1.29 is 13.2 Å². The average Bonchev–Trinajstić information content (AvgIpc) is 2.63. The van der Waals surface area contributed by atoms with Crippen LogP contribution in [0.5, 0.6) is 0 Å². The van der Waals surface area contributed by atoms with E-state index in [1.54, 1.807) is 55.5 Å². The first kappa shape index (κ1) is 19.5. The zero-order chi connectivity index (χ0) is 19.8. The molecule has 1 aliphatic rings. The maximum atomic E-state index is 13.4. The Bertz CT molecular complexity index is 990. The SMILES string of the molecule is CCN1[C@H](C(=O)c2ccccc2)C(=NC(C)(C)C)c2ccccc2S1(=O)=O. The van der Waals surface area contributed by atoms with Gasteiger partial charge in [0, 0.05) is 17.7 Å². The van der Waals surface area contributed by atoms with E-state index in [1.807, 2.05) is 26.8 Å². The summed E-state index contributed by atoms with van der Waals surface area (Å²) in [6.07, 6.45) is 0. The minimum absolute atomic E-state index is 0.184. The maximum Gasteiger partial charge on any atom is 0.244 e. The number of hydrogen-bond acceptors (Lipinski definition) is 4. The second kappa shape index (κ2) is 7.02. The monoisotopic (exact) mass is 384 g/mol. The van der Waals surface area contributed by atoms with Gasteiger partial charge in [-0.15, -0.1) is 0 Å². The maximum absolute atomic E-state index is 13.4. The standard InChI is InChI=1S/C21H24N2O3S/c1-5-23-19(20(24)15-11-7-6-8-12-15)18(22-21(2,3)4)16-13-9-10-14-17(16)27(23,25)26/h6-14,19H,5H2,1-4H3/t19-/m0/s1. The lowest BCUT2D eigenvalue weighted by molar-refractivity contribution is 0.0937. The lowest BCUT2D eigenvalue weighted by Gasteiger charge is -2.36. The van der Waals surface area contributed by atoms with Gasteiger partial charge in [0.15, 0.2) is 5.78 Å². The third kappa shape index (κ3) is 3.59. The Hall–Kier alpha value is -2.31. The van der Waals surface area contributed by atoms with Crippen LogP contribution in [0.1, 0.15) is 43.6 Å². The van der Waals surface area contributed by atoms with E-state index in [4.69, 9.17) is 4.99 Å². The van der Waals surface area contributed by atoms with E-state index in [1.165, 1.54) is 4.31 Å². The molecule has 0 aromatic heterocycles. The van der Waals surface area contributed by atoms with E-state index in [9.17, 15) is 13.2 Å². The number of carbonyl (C=O) groups is 1. The van der Waals surface area contributed by atoms with Crippen molar-refractivity contribution in [3.05, 3.63) is 65.7 Å². The second-order valence-corrected chi connectivity index (χ2v) is 9.36. The van der Waals surface area contributed by atoms with Crippen molar-refractivity contribution in [3.63, 3.8) is 0 Å². The largest absolute Gasteiger partial charge is 0.292 e. The number of likely N-dealkylation sites (N-methyl/N-ethyl adjacent to an activating group) is 1. The first-order valence-electron chi connectivity index (χ1n) is 8.97. The topological polar surface area (TPSA) is 66.8 Å². The molecule has 0 unspecified atom stereocenters. The fourth-order valence-corrected chi connectivity index (χ4v) is 5.07. The van der Waals surface area contributed by atoms with Crippen molar-refractivity contribution >= 4 is 21.5 Å². The molecule has 0 saturated carbocycles. The fourth-order valence-electron chi connectivity index (χ4n) is 3.30. The number of carbonyl (C=O) groups excluding carboxylic acids is 1. The number of fused-ring (bicyclic) bond motifs is 1. The lowest BCUT2D eigenvalue weighted by atomic mass is 9.94. The van der Waals surface area contributed by atoms with Crippen LogP contribution >= 0.6 is 0 Å². The molecule has 5 nitrogen and oxygen atoms in total. The van der Waals surface area contributed by atoms with Crippen molar-refractivity contribution in [2.24, 2.45) is 4.99 Å². The summed E-state index contributed by atoms with van der Waals surface area (Å²) in [5.41, 5.74) is 1.02. The van der Waals surface area contributed by atoms with Gasteiger partial charge in [0.2, 0.25) is 10.0 Å². The molecule has 1 atom stereocenters. The molecule has 0 bridgehead atoms. The van der Waals surface area contributed by atoms with Crippen LogP contribution < -0.4 is 0 Å². The van der Waals surface area contributed by atoms with E-state index < -0.39 is 21.6 Å². The molecular formula is C21H24N2O3S. The van der Waals surface area contributed by atoms with Gasteiger partial charge < -0.3 is 0 Å². The molecular weight excluding hydrogens is 360 g/mol. The number of sulfonamides is 1. The van der Waals surface area contributed by atoms with Gasteiger partial charge in [-0.2, -0.15) is 4.31 Å². The first-order chi connectivity index (χ1) is 12.7. The highest BCUT2D eigenvalue weighted by Crippen LogP contribution is 2.33. The summed E-state index contributed by atoms with van der Waals surface area (Å²) in [6.45, 7) is 7.73. The van der Waals surface area contributed by atoms with E-state index in [-0.39, 0.29) is 17.2 Å². The molecule has 0 N–H and O–H groups in total. The van der Waals surface area contributed by atoms with Crippen molar-refractivity contribution in [2.45, 2.75) is 44.2 Å². The molecule has 27 heavy (non-hydrogen) atoms. The Labute approximate surface area is 160 Å². The molecule has 2 aromatic carbocycles. The normalized spacial score (nSPS) is 21.0. The number of rotatable bonds is 3. The molecule has 1 aliphatic heterocycles. The van der Waals surface area contributed by atoms with Crippen molar-refractivity contribution in [1.29, 1.82) is 0 Å². The number of benzene rings is 2. The molecule has 3 rings (SSSR count). The van der Waals surface area contributed by atoms with Gasteiger partial charge in [-0.25, -0.2) is 8.42 Å². The molecule has 0 aliphatic carbocycles. The zero-order valence-electron chi connectivity index (χ0n) is 16.0. The number of hydrogen-bond donors (Lipinski definition) is 0. The summed E-state index contributed by atoms with van der Waals surface area (Å²) >= 11 is 0. The molecule has 0 saturated heterocycles. The highest BCUT2D eigenvalue weighted by atomic mass is 32.2. The van der Waals surface area contributed by atoms with Crippen LogP contribution in [0.3, 0.4) is 0 Å². The Morgan fingerprint density at radius 3 is 2.22 bits per heavy atom. The van der Waals surface area contributed by atoms with Crippen molar-refractivity contribution in [1.82, 2.24) is 4.31 Å². The van der Waals surface area contributed by atoms with Gasteiger partial charge in [-0.05, 0) is 26.8 Å². The van der Waals surface area contributed by atoms with Gasteiger partial charge in [-0.3, -0.25) is 9.79 Å². The van der Waals surface area contributed by atoms with E-state index >= 15 is 0 Å². The molecule has 0 radical (unpaired) electrons. The highest BCUT2D eigenvalue weighted by molar-refractivity contribution is 7.89. The third-order valence-corrected chi connectivity index (χ3v) is 6.37. The second-order valence-electron chi connectivity index (χ2n) is 7.51. The van der Waals surface area contributed by atoms with Crippen LogP contribution in [-0.4, -0.2) is 42.3 Å². The minimum Gasteiger partial charge on any atom is -0.292 e. The highest BCUT2D eigenvalue weighted by Gasteiger charge is 2.45. The van der Waals surface area contributed by atoms with Crippen LogP contribution in [-0.2, 0) is 10.0 Å². The molecule has 2 aromatic rings. The Morgan fingerprint density at radius 2 is 1.63 bits per heavy atom. The van der Waals surface area contributed by atoms with Crippen LogP contribution in [0.15, 0.2) is 64.5 Å². The third-order valence-electron chi connectivity index (χ3n) is 4.37. The Morgan fingerprint density at radius 1 is 1.04 bits per heavy atom. The van der Waals surface area contributed by atoms with Gasteiger partial charge in [0.25, 0.3) is 0 Å². The zero-order valence-corrected chi connectivity index (χ0v) is 16.8. The lowest BCUT2D eigenvalue weighted by Crippen LogP contribution is -2.54. The number of Topliss-reactive ketones (excluding diaryl/α,β-unsaturated/α-hetero) is 1. The van der Waals surface area contributed by atoms with E-state index in [0.29, 0.717) is 16.8 Å². The number of nitrogens with zero attached hydrogens (tertiary/aromatic N) is 2. The summed E-state index contributed by atoms with van der Waals surface area (Å²) in [5, 5.41) is 0. The van der Waals surface area contributed by atoms with E-state index in [2.05, 4.69) is 0 Å². The van der Waals surface area contributed by atoms with Crippen molar-refractivity contribution in [3.8, 4) is 0 Å². The van der Waals surface area contributed by atoms with Crippen LogP contribution in [0.25, 0.3) is 0 Å². The fraction of sp³-hybridized carbons (Fsp3) is 0.333. The smallest absolute Gasteiger partial charge is 0.244 e.